The van der Waals surface area contributed by atoms with Crippen molar-refractivity contribution in [2.24, 2.45) is 21.0 Å². The number of fused-ring (bicyclic) bond motifs is 2. The van der Waals surface area contributed by atoms with Crippen LogP contribution in [-0.4, -0.2) is 58.7 Å². The molecule has 170 valence electrons. The third kappa shape index (κ3) is 3.28. The number of carbonyl (C=O) groups excluding carboxylic acids is 2. The summed E-state index contributed by atoms with van der Waals surface area (Å²) in [5, 5.41) is 16.4. The van der Waals surface area contributed by atoms with Crippen LogP contribution >= 0.6 is 0 Å². The van der Waals surface area contributed by atoms with E-state index in [0.29, 0.717) is 24.4 Å². The fraction of sp³-hybridized carbons (Fsp3) is 0.435. The molecule has 1 saturated heterocycles. The Morgan fingerprint density at radius 2 is 2.12 bits per heavy atom. The van der Waals surface area contributed by atoms with Crippen molar-refractivity contribution in [1.29, 1.82) is 0 Å². The lowest BCUT2D eigenvalue weighted by Crippen LogP contribution is -2.55. The quantitative estimate of drug-likeness (QED) is 0.612. The van der Waals surface area contributed by atoms with E-state index in [1.807, 2.05) is 38.2 Å². The molecule has 4 heterocycles. The molecule has 1 aromatic carbocycles. The largest absolute Gasteiger partial charge is 0.353 e. The molecule has 1 aliphatic carbocycles. The maximum absolute atomic E-state index is 12.6. The second-order valence-electron chi connectivity index (χ2n) is 9.76. The summed E-state index contributed by atoms with van der Waals surface area (Å²) in [5.41, 5.74) is 2.01. The fourth-order valence-corrected chi connectivity index (χ4v) is 4.80. The zero-order valence-electron chi connectivity index (χ0n) is 18.7. The number of hydrogen-bond donors (Lipinski definition) is 3. The highest BCUT2D eigenvalue weighted by atomic mass is 16.2. The van der Waals surface area contributed by atoms with E-state index in [4.69, 9.17) is 5.10 Å². The Morgan fingerprint density at radius 3 is 2.94 bits per heavy atom. The number of guanidine groups is 1. The van der Waals surface area contributed by atoms with E-state index in [9.17, 15) is 9.59 Å². The predicted molar refractivity (Wildman–Crippen MR) is 125 cm³/mol. The normalized spacial score (nSPS) is 29.3. The maximum Gasteiger partial charge on any atom is 0.301 e. The molecule has 2 unspecified atom stereocenters. The first-order valence-corrected chi connectivity index (χ1v) is 11.4. The van der Waals surface area contributed by atoms with Crippen molar-refractivity contribution in [1.82, 2.24) is 10.3 Å². The molecule has 5 aliphatic rings. The third-order valence-corrected chi connectivity index (χ3v) is 7.01. The number of nitrogens with one attached hydrogen (secondary N) is 3. The second kappa shape index (κ2) is 7.06. The SMILES string of the molecule is CC1(C)C(=O)Nc2cc(NC3=N[N+]4(N5CCC(C(=O)NC6CC6)C5)C=CN=CC4=N3)ccc21. The summed E-state index contributed by atoms with van der Waals surface area (Å²) in [6.45, 7) is 5.17. The van der Waals surface area contributed by atoms with Crippen molar-refractivity contribution in [2.75, 3.05) is 23.7 Å². The maximum atomic E-state index is 12.6. The van der Waals surface area contributed by atoms with Gasteiger partial charge in [-0.3, -0.25) is 14.6 Å². The van der Waals surface area contributed by atoms with Crippen LogP contribution in [0, 0.1) is 5.92 Å². The van der Waals surface area contributed by atoms with Crippen LogP contribution in [0.15, 0.2) is 45.7 Å². The molecule has 4 aliphatic heterocycles. The van der Waals surface area contributed by atoms with Gasteiger partial charge in [0.1, 0.15) is 6.21 Å². The Morgan fingerprint density at radius 1 is 1.27 bits per heavy atom. The molecule has 33 heavy (non-hydrogen) atoms. The molecule has 10 heteroatoms. The van der Waals surface area contributed by atoms with Crippen molar-refractivity contribution < 1.29 is 14.3 Å². The minimum atomic E-state index is -0.547. The van der Waals surface area contributed by atoms with Crippen LogP contribution in [0.2, 0.25) is 0 Å². The lowest BCUT2D eigenvalue weighted by atomic mass is 9.86. The summed E-state index contributed by atoms with van der Waals surface area (Å²) in [6, 6.07) is 6.16. The predicted octanol–water partition coefficient (Wildman–Crippen LogP) is 1.90. The monoisotopic (exact) mass is 447 g/mol. The zero-order valence-corrected chi connectivity index (χ0v) is 18.7. The molecule has 0 spiro atoms. The van der Waals surface area contributed by atoms with Crippen LogP contribution in [0.4, 0.5) is 11.4 Å². The lowest BCUT2D eigenvalue weighted by Gasteiger charge is -2.31. The number of hydrogen-bond acceptors (Lipinski definition) is 7. The zero-order chi connectivity index (χ0) is 22.8. The summed E-state index contributed by atoms with van der Waals surface area (Å²) < 4.78 is 0.0771. The minimum Gasteiger partial charge on any atom is -0.353 e. The number of nitrogens with zero attached hydrogens (tertiary/aromatic N) is 5. The molecule has 10 nitrogen and oxygen atoms in total. The summed E-state index contributed by atoms with van der Waals surface area (Å²) in [6.07, 6.45) is 8.27. The Labute approximate surface area is 191 Å². The topological polar surface area (TPSA) is 111 Å². The van der Waals surface area contributed by atoms with Gasteiger partial charge in [0.05, 0.1) is 30.6 Å². The van der Waals surface area contributed by atoms with Gasteiger partial charge in [0.2, 0.25) is 11.8 Å². The number of amides is 2. The molecule has 0 aromatic heterocycles. The molecule has 6 rings (SSSR count). The van der Waals surface area contributed by atoms with E-state index in [1.165, 1.54) is 0 Å². The van der Waals surface area contributed by atoms with Crippen LogP contribution in [0.1, 0.15) is 38.7 Å². The Hall–Kier alpha value is -3.37. The van der Waals surface area contributed by atoms with Crippen LogP contribution in [-0.2, 0) is 15.0 Å². The average molecular weight is 448 g/mol. The Balaban J connectivity index is 1.23. The Bertz CT molecular complexity index is 1180. The van der Waals surface area contributed by atoms with Gasteiger partial charge in [-0.25, -0.2) is 0 Å². The van der Waals surface area contributed by atoms with E-state index < -0.39 is 5.41 Å². The number of carbonyl (C=O) groups is 2. The van der Waals surface area contributed by atoms with Crippen LogP contribution in [0.5, 0.6) is 0 Å². The summed E-state index contributed by atoms with van der Waals surface area (Å²) in [5.74, 6) is 1.21. The van der Waals surface area contributed by atoms with E-state index in [-0.39, 0.29) is 22.4 Å². The van der Waals surface area contributed by atoms with Crippen molar-refractivity contribution in [3.8, 4) is 0 Å². The number of aliphatic imine (C=N–C) groups is 2. The lowest BCUT2D eigenvalue weighted by molar-refractivity contribution is -0.915. The van der Waals surface area contributed by atoms with Gasteiger partial charge in [-0.05, 0) is 60.6 Å². The van der Waals surface area contributed by atoms with Crippen molar-refractivity contribution >= 4 is 41.2 Å². The first-order valence-electron chi connectivity index (χ1n) is 11.4. The van der Waals surface area contributed by atoms with E-state index in [2.05, 4.69) is 30.9 Å². The number of amidine groups is 1. The Kier molecular flexibility index (Phi) is 4.33. The molecule has 0 radical (unpaired) electrons. The smallest absolute Gasteiger partial charge is 0.301 e. The highest BCUT2D eigenvalue weighted by Gasteiger charge is 2.50. The molecule has 2 amide bonds. The number of rotatable bonds is 4. The fourth-order valence-electron chi connectivity index (χ4n) is 4.80. The van der Waals surface area contributed by atoms with Gasteiger partial charge >= 0.3 is 5.84 Å². The van der Waals surface area contributed by atoms with Crippen LogP contribution < -0.4 is 16.0 Å². The number of anilines is 2. The first kappa shape index (κ1) is 20.3. The van der Waals surface area contributed by atoms with Crippen LogP contribution in [0.3, 0.4) is 0 Å². The molecule has 1 aromatic rings. The van der Waals surface area contributed by atoms with Gasteiger partial charge in [0.25, 0.3) is 5.96 Å². The van der Waals surface area contributed by atoms with Gasteiger partial charge in [0.15, 0.2) is 6.20 Å². The van der Waals surface area contributed by atoms with Crippen molar-refractivity contribution in [3.63, 3.8) is 0 Å². The van der Waals surface area contributed by atoms with Crippen LogP contribution in [0.25, 0.3) is 0 Å². The molecule has 2 fully saturated rings. The minimum absolute atomic E-state index is 0.00889. The van der Waals surface area contributed by atoms with E-state index in [1.54, 1.807) is 12.4 Å². The molecule has 0 bridgehead atoms. The highest BCUT2D eigenvalue weighted by Crippen LogP contribution is 2.39. The third-order valence-electron chi connectivity index (χ3n) is 7.01. The van der Waals surface area contributed by atoms with E-state index in [0.717, 1.165) is 42.7 Å². The number of quaternary nitrogens is 1. The van der Waals surface area contributed by atoms with Gasteiger partial charge in [0, 0.05) is 17.4 Å². The standard InChI is InChI=1S/C23H26N8O2/c1-23(2)17-6-5-16(11-18(17)27-21(23)33)26-22-28-19-12-24-8-10-31(19,29-22)30-9-7-14(13-30)20(32)25-15-3-4-15/h5-6,8,10-12,14-15H,3-4,7,9,13H2,1-2H3,(H2-,25,26,27,29,32,33)/p+1. The molecule has 1 saturated carbocycles. The second-order valence-corrected chi connectivity index (χ2v) is 9.76. The molecular formula is C23H27N8O2+. The molecule has 3 N–H and O–H groups in total. The van der Waals surface area contributed by atoms with E-state index >= 15 is 0 Å². The number of benzene rings is 1. The first-order chi connectivity index (χ1) is 15.8. The van der Waals surface area contributed by atoms with Gasteiger partial charge in [-0.15, -0.1) is 10.0 Å². The van der Waals surface area contributed by atoms with Crippen molar-refractivity contribution in [3.05, 3.63) is 36.2 Å². The molecule has 2 atom stereocenters. The van der Waals surface area contributed by atoms with Crippen molar-refractivity contribution in [2.45, 2.75) is 44.6 Å². The average Bonchev–Trinajstić information content (AvgIpc) is 3.23. The van der Waals surface area contributed by atoms with Gasteiger partial charge in [-0.2, -0.15) is 0 Å². The summed E-state index contributed by atoms with van der Waals surface area (Å²) in [7, 11) is 0. The summed E-state index contributed by atoms with van der Waals surface area (Å²) >= 11 is 0. The molecular weight excluding hydrogens is 420 g/mol. The highest BCUT2D eigenvalue weighted by molar-refractivity contribution is 6.30. The summed E-state index contributed by atoms with van der Waals surface area (Å²) in [4.78, 5) is 33.8. The van der Waals surface area contributed by atoms with Gasteiger partial charge < -0.3 is 16.0 Å². The van der Waals surface area contributed by atoms with Gasteiger partial charge in [-0.1, -0.05) is 6.07 Å².